The molecule has 14 heavy (non-hydrogen) atoms. The Bertz CT molecular complexity index is 208. The van der Waals surface area contributed by atoms with Crippen molar-refractivity contribution in [1.29, 1.82) is 0 Å². The highest BCUT2D eigenvalue weighted by Gasteiger charge is 2.20. The van der Waals surface area contributed by atoms with Gasteiger partial charge in [-0.15, -0.1) is 0 Å². The van der Waals surface area contributed by atoms with Crippen LogP contribution in [0.2, 0.25) is 0 Å². The molecule has 0 aromatic carbocycles. The van der Waals surface area contributed by atoms with Crippen LogP contribution in [-0.2, 0) is 14.3 Å². The van der Waals surface area contributed by atoms with Crippen LogP contribution in [-0.4, -0.2) is 29.6 Å². The minimum Gasteiger partial charge on any atom is -0.476 e. The summed E-state index contributed by atoms with van der Waals surface area (Å²) in [5, 5.41) is 8.30. The van der Waals surface area contributed by atoms with E-state index in [1.807, 2.05) is 0 Å². The van der Waals surface area contributed by atoms with Crippen LogP contribution in [0.3, 0.4) is 0 Å². The summed E-state index contributed by atoms with van der Waals surface area (Å²) < 4.78 is 5.05. The summed E-state index contributed by atoms with van der Waals surface area (Å²) in [5.74, 6) is -1.98. The van der Waals surface area contributed by atoms with E-state index in [-0.39, 0.29) is 6.42 Å². The third-order valence-corrected chi connectivity index (χ3v) is 2.32. The molecule has 1 rings (SSSR count). The van der Waals surface area contributed by atoms with Crippen LogP contribution in [0.4, 0.5) is 0 Å². The lowest BCUT2D eigenvalue weighted by Crippen LogP contribution is -2.11. The number of unbranched alkanes of at least 4 members (excludes halogenated alkanes) is 3. The zero-order chi connectivity index (χ0) is 10.4. The number of aliphatic carboxylic acids is 1. The summed E-state index contributed by atoms with van der Waals surface area (Å²) in [6.07, 6.45) is 5.57. The van der Waals surface area contributed by atoms with Gasteiger partial charge in [-0.05, 0) is 12.8 Å². The average molecular weight is 200 g/mol. The number of carboxylic acid groups (broad SMARTS) is 1. The minimum atomic E-state index is -1.31. The van der Waals surface area contributed by atoms with E-state index in [1.54, 1.807) is 0 Å². The second-order valence-electron chi connectivity index (χ2n) is 3.64. The first-order valence-electron chi connectivity index (χ1n) is 5.08. The van der Waals surface area contributed by atoms with E-state index < -0.39 is 11.8 Å². The zero-order valence-electron chi connectivity index (χ0n) is 8.20. The molecule has 1 atom stereocenters. The molecule has 1 aliphatic rings. The van der Waals surface area contributed by atoms with Crippen LogP contribution in [0.1, 0.15) is 38.5 Å². The van der Waals surface area contributed by atoms with Crippen LogP contribution < -0.4 is 0 Å². The first-order valence-corrected chi connectivity index (χ1v) is 5.08. The fourth-order valence-corrected chi connectivity index (χ4v) is 1.35. The van der Waals surface area contributed by atoms with Gasteiger partial charge < -0.3 is 9.84 Å². The number of ketones is 1. The van der Waals surface area contributed by atoms with Gasteiger partial charge in [0.15, 0.2) is 0 Å². The van der Waals surface area contributed by atoms with Crippen LogP contribution >= 0.6 is 0 Å². The van der Waals surface area contributed by atoms with Gasteiger partial charge in [0.1, 0.15) is 0 Å². The van der Waals surface area contributed by atoms with Gasteiger partial charge >= 0.3 is 5.97 Å². The quantitative estimate of drug-likeness (QED) is 0.365. The predicted molar refractivity (Wildman–Crippen MR) is 50.1 cm³/mol. The molecule has 0 saturated carbocycles. The third-order valence-electron chi connectivity index (χ3n) is 2.32. The molecule has 4 nitrogen and oxygen atoms in total. The Morgan fingerprint density at radius 3 is 2.43 bits per heavy atom. The summed E-state index contributed by atoms with van der Waals surface area (Å²) in [5.41, 5.74) is 0. The van der Waals surface area contributed by atoms with Gasteiger partial charge in [0.2, 0.25) is 5.78 Å². The Labute approximate surface area is 83.2 Å². The standard InChI is InChI=1S/C10H16O4/c11-9(10(12)13)6-4-2-1-3-5-8-7-14-8/h8H,1-7H2,(H,12,13). The maximum Gasteiger partial charge on any atom is 0.372 e. The first-order chi connectivity index (χ1) is 6.70. The van der Waals surface area contributed by atoms with Crippen molar-refractivity contribution in [3.63, 3.8) is 0 Å². The lowest BCUT2D eigenvalue weighted by Gasteiger charge is -1.98. The third kappa shape index (κ3) is 4.97. The summed E-state index contributed by atoms with van der Waals surface area (Å²) >= 11 is 0. The Morgan fingerprint density at radius 2 is 1.86 bits per heavy atom. The van der Waals surface area contributed by atoms with E-state index in [4.69, 9.17) is 9.84 Å². The van der Waals surface area contributed by atoms with Crippen molar-refractivity contribution >= 4 is 11.8 Å². The van der Waals surface area contributed by atoms with Gasteiger partial charge in [-0.1, -0.05) is 19.3 Å². The fourth-order valence-electron chi connectivity index (χ4n) is 1.35. The molecule has 80 valence electrons. The van der Waals surface area contributed by atoms with Gasteiger partial charge in [-0.3, -0.25) is 4.79 Å². The predicted octanol–water partition coefficient (Wildman–Crippen LogP) is 1.38. The van der Waals surface area contributed by atoms with Crippen molar-refractivity contribution in [3.05, 3.63) is 0 Å². The molecule has 0 radical (unpaired) electrons. The summed E-state index contributed by atoms with van der Waals surface area (Å²) in [6, 6.07) is 0. The average Bonchev–Trinajstić information content (AvgIpc) is 2.94. The number of carbonyl (C=O) groups excluding carboxylic acids is 1. The SMILES string of the molecule is O=C(O)C(=O)CCCCCCC1CO1. The van der Waals surface area contributed by atoms with Crippen molar-refractivity contribution in [2.75, 3.05) is 6.61 Å². The van der Waals surface area contributed by atoms with Crippen molar-refractivity contribution < 1.29 is 19.4 Å². The number of carbonyl (C=O) groups is 2. The van der Waals surface area contributed by atoms with Crippen molar-refractivity contribution in [2.45, 2.75) is 44.6 Å². The summed E-state index contributed by atoms with van der Waals surface area (Å²) in [4.78, 5) is 20.8. The van der Waals surface area contributed by atoms with Gasteiger partial charge in [0, 0.05) is 6.42 Å². The molecule has 1 unspecified atom stereocenters. The van der Waals surface area contributed by atoms with Crippen LogP contribution in [0.25, 0.3) is 0 Å². The molecule has 1 aliphatic heterocycles. The van der Waals surface area contributed by atoms with E-state index in [9.17, 15) is 9.59 Å². The highest BCUT2D eigenvalue weighted by molar-refractivity contribution is 6.32. The van der Waals surface area contributed by atoms with E-state index in [0.29, 0.717) is 12.5 Å². The van der Waals surface area contributed by atoms with E-state index >= 15 is 0 Å². The molecular formula is C10H16O4. The highest BCUT2D eigenvalue weighted by atomic mass is 16.6. The van der Waals surface area contributed by atoms with Gasteiger partial charge in [-0.25, -0.2) is 4.79 Å². The number of carboxylic acids is 1. The summed E-state index contributed by atoms with van der Waals surface area (Å²) in [7, 11) is 0. The van der Waals surface area contributed by atoms with Crippen LogP contribution in [0.5, 0.6) is 0 Å². The first kappa shape index (κ1) is 11.2. The highest BCUT2D eigenvalue weighted by Crippen LogP contribution is 2.17. The number of Topliss-reactive ketones (excluding diaryl/α,β-unsaturated/α-hetero) is 1. The van der Waals surface area contributed by atoms with E-state index in [0.717, 1.165) is 32.3 Å². The molecule has 1 N–H and O–H groups in total. The smallest absolute Gasteiger partial charge is 0.372 e. The van der Waals surface area contributed by atoms with Gasteiger partial charge in [0.25, 0.3) is 0 Å². The monoisotopic (exact) mass is 200 g/mol. The maximum absolute atomic E-state index is 10.7. The molecule has 4 heteroatoms. The minimum absolute atomic E-state index is 0.176. The lowest BCUT2D eigenvalue weighted by molar-refractivity contribution is -0.149. The van der Waals surface area contributed by atoms with E-state index in [2.05, 4.69) is 0 Å². The normalized spacial score (nSPS) is 19.3. The molecule has 0 aromatic rings. The molecule has 1 saturated heterocycles. The van der Waals surface area contributed by atoms with Crippen molar-refractivity contribution in [1.82, 2.24) is 0 Å². The second-order valence-corrected chi connectivity index (χ2v) is 3.64. The largest absolute Gasteiger partial charge is 0.476 e. The Morgan fingerprint density at radius 1 is 1.21 bits per heavy atom. The topological polar surface area (TPSA) is 66.9 Å². The molecule has 1 heterocycles. The molecule has 0 spiro atoms. The number of rotatable bonds is 8. The Kier molecular flexibility index (Phi) is 4.59. The van der Waals surface area contributed by atoms with Gasteiger partial charge in [0.05, 0.1) is 12.7 Å². The fraction of sp³-hybridized carbons (Fsp3) is 0.800. The zero-order valence-corrected chi connectivity index (χ0v) is 8.20. The number of hydrogen-bond acceptors (Lipinski definition) is 3. The molecule has 0 bridgehead atoms. The Hall–Kier alpha value is -0.900. The van der Waals surface area contributed by atoms with Gasteiger partial charge in [-0.2, -0.15) is 0 Å². The van der Waals surface area contributed by atoms with Crippen molar-refractivity contribution in [2.24, 2.45) is 0 Å². The molecule has 0 aliphatic carbocycles. The van der Waals surface area contributed by atoms with Crippen LogP contribution in [0, 0.1) is 0 Å². The Balaban J connectivity index is 1.83. The summed E-state index contributed by atoms with van der Waals surface area (Å²) in [6.45, 7) is 0.900. The maximum atomic E-state index is 10.7. The number of ether oxygens (including phenoxy) is 1. The number of hydrogen-bond donors (Lipinski definition) is 1. The van der Waals surface area contributed by atoms with Crippen molar-refractivity contribution in [3.8, 4) is 0 Å². The molecule has 0 aromatic heterocycles. The number of epoxide rings is 1. The van der Waals surface area contributed by atoms with E-state index in [1.165, 1.54) is 0 Å². The molecule has 0 amide bonds. The molecule has 1 fully saturated rings. The van der Waals surface area contributed by atoms with Crippen LogP contribution in [0.15, 0.2) is 0 Å². The molecular weight excluding hydrogens is 184 g/mol. The second kappa shape index (κ2) is 5.75. The lowest BCUT2D eigenvalue weighted by atomic mass is 10.1.